The Balaban J connectivity index is 1.66. The van der Waals surface area contributed by atoms with Crippen molar-refractivity contribution in [3.8, 4) is 5.75 Å². The molecule has 0 bridgehead atoms. The topological polar surface area (TPSA) is 85.4 Å². The highest BCUT2D eigenvalue weighted by Gasteiger charge is 2.18. The number of anilines is 1. The minimum absolute atomic E-state index is 0.168. The van der Waals surface area contributed by atoms with Gasteiger partial charge >= 0.3 is 0 Å². The molecule has 0 aliphatic heterocycles. The van der Waals surface area contributed by atoms with Crippen molar-refractivity contribution in [3.63, 3.8) is 0 Å². The van der Waals surface area contributed by atoms with Gasteiger partial charge in [0.15, 0.2) is 15.0 Å². The molecule has 0 saturated carbocycles. The zero-order valence-corrected chi connectivity index (χ0v) is 15.8. The maximum absolute atomic E-state index is 12.2. The number of hydrogen-bond donors (Lipinski definition) is 1. The first-order valence-electron chi connectivity index (χ1n) is 8.03. The Morgan fingerprint density at radius 2 is 1.96 bits per heavy atom. The second-order valence-electron chi connectivity index (χ2n) is 5.65. The van der Waals surface area contributed by atoms with Crippen molar-refractivity contribution in [2.75, 3.05) is 17.7 Å². The van der Waals surface area contributed by atoms with Crippen molar-refractivity contribution in [1.82, 2.24) is 4.98 Å². The highest BCUT2D eigenvalue weighted by atomic mass is 32.2. The van der Waals surface area contributed by atoms with Crippen LogP contribution in [0.4, 0.5) is 5.13 Å². The standard InChI is InChI=1S/C18H18N2O4S2/c1-2-24-14-8-9-15-16(10-14)25-18(19-15)20-17(21)12-26(22,23)11-13-6-4-3-5-7-13/h3-10H,2,11-12H2,1H3,(H,19,20,21). The van der Waals surface area contributed by atoms with Gasteiger partial charge in [0.25, 0.3) is 0 Å². The lowest BCUT2D eigenvalue weighted by Crippen LogP contribution is -2.23. The summed E-state index contributed by atoms with van der Waals surface area (Å²) in [5.74, 6) is -0.613. The summed E-state index contributed by atoms with van der Waals surface area (Å²) in [7, 11) is -3.55. The van der Waals surface area contributed by atoms with Gasteiger partial charge in [-0.1, -0.05) is 41.7 Å². The summed E-state index contributed by atoms with van der Waals surface area (Å²) in [6.07, 6.45) is 0. The van der Waals surface area contributed by atoms with Gasteiger partial charge in [0.1, 0.15) is 11.5 Å². The summed E-state index contributed by atoms with van der Waals surface area (Å²) in [5.41, 5.74) is 1.38. The van der Waals surface area contributed by atoms with Crippen LogP contribution in [0.1, 0.15) is 12.5 Å². The third-order valence-electron chi connectivity index (χ3n) is 3.50. The highest BCUT2D eigenvalue weighted by molar-refractivity contribution is 7.91. The number of sulfone groups is 1. The van der Waals surface area contributed by atoms with E-state index in [1.54, 1.807) is 30.3 Å². The van der Waals surface area contributed by atoms with Crippen molar-refractivity contribution in [2.24, 2.45) is 0 Å². The molecule has 0 saturated heterocycles. The van der Waals surface area contributed by atoms with Gasteiger partial charge < -0.3 is 10.1 Å². The van der Waals surface area contributed by atoms with Crippen molar-refractivity contribution in [3.05, 3.63) is 54.1 Å². The van der Waals surface area contributed by atoms with Crippen molar-refractivity contribution < 1.29 is 17.9 Å². The molecule has 0 unspecified atom stereocenters. The van der Waals surface area contributed by atoms with Gasteiger partial charge in [-0.05, 0) is 30.7 Å². The first kappa shape index (κ1) is 18.3. The third-order valence-corrected chi connectivity index (χ3v) is 5.91. The van der Waals surface area contributed by atoms with Gasteiger partial charge in [0, 0.05) is 0 Å². The number of carbonyl (C=O) groups excluding carboxylic acids is 1. The number of amides is 1. The lowest BCUT2D eigenvalue weighted by atomic mass is 10.2. The summed E-state index contributed by atoms with van der Waals surface area (Å²) >= 11 is 1.28. The molecule has 0 aliphatic carbocycles. The molecule has 2 aromatic carbocycles. The number of hydrogen-bond acceptors (Lipinski definition) is 6. The van der Waals surface area contributed by atoms with E-state index >= 15 is 0 Å². The normalized spacial score (nSPS) is 11.4. The van der Waals surface area contributed by atoms with Crippen LogP contribution in [-0.2, 0) is 20.4 Å². The summed E-state index contributed by atoms with van der Waals surface area (Å²) in [4.78, 5) is 16.4. The van der Waals surface area contributed by atoms with Crippen molar-refractivity contribution in [2.45, 2.75) is 12.7 Å². The SMILES string of the molecule is CCOc1ccc2nc(NC(=O)CS(=O)(=O)Cc3ccccc3)sc2c1. The second kappa shape index (κ2) is 7.84. The number of ether oxygens (including phenoxy) is 1. The first-order valence-corrected chi connectivity index (χ1v) is 10.7. The van der Waals surface area contributed by atoms with E-state index < -0.39 is 21.5 Å². The Morgan fingerprint density at radius 3 is 2.69 bits per heavy atom. The average Bonchev–Trinajstić information content (AvgIpc) is 2.96. The molecule has 1 N–H and O–H groups in total. The highest BCUT2D eigenvalue weighted by Crippen LogP contribution is 2.29. The maximum atomic E-state index is 12.2. The number of nitrogens with zero attached hydrogens (tertiary/aromatic N) is 1. The molecule has 26 heavy (non-hydrogen) atoms. The Morgan fingerprint density at radius 1 is 1.19 bits per heavy atom. The maximum Gasteiger partial charge on any atom is 0.241 e. The quantitative estimate of drug-likeness (QED) is 0.669. The Labute approximate surface area is 155 Å². The number of carbonyl (C=O) groups is 1. The number of nitrogens with one attached hydrogen (secondary N) is 1. The molecule has 6 nitrogen and oxygen atoms in total. The molecule has 1 aromatic heterocycles. The van der Waals surface area contributed by atoms with Gasteiger partial charge in [-0.2, -0.15) is 0 Å². The van der Waals surface area contributed by atoms with Crippen LogP contribution in [0, 0.1) is 0 Å². The van der Waals surface area contributed by atoms with Crippen LogP contribution >= 0.6 is 11.3 Å². The van der Waals surface area contributed by atoms with Crippen LogP contribution in [0.3, 0.4) is 0 Å². The molecule has 136 valence electrons. The summed E-state index contributed by atoms with van der Waals surface area (Å²) in [5, 5.41) is 2.94. The fraction of sp³-hybridized carbons (Fsp3) is 0.222. The average molecular weight is 390 g/mol. The largest absolute Gasteiger partial charge is 0.494 e. The van der Waals surface area contributed by atoms with E-state index in [0.29, 0.717) is 17.3 Å². The number of aromatic nitrogens is 1. The third kappa shape index (κ3) is 4.80. The molecule has 0 radical (unpaired) electrons. The zero-order valence-electron chi connectivity index (χ0n) is 14.1. The number of benzene rings is 2. The zero-order chi connectivity index (χ0) is 18.6. The van der Waals surface area contributed by atoms with E-state index in [4.69, 9.17) is 4.74 Å². The molecule has 0 fully saturated rings. The summed E-state index contributed by atoms with van der Waals surface area (Å²) in [6.45, 7) is 2.46. The summed E-state index contributed by atoms with van der Waals surface area (Å²) in [6, 6.07) is 14.2. The van der Waals surface area contributed by atoms with Crippen LogP contribution in [0.2, 0.25) is 0 Å². The van der Waals surface area contributed by atoms with Gasteiger partial charge in [-0.3, -0.25) is 4.79 Å². The molecule has 0 atom stereocenters. The smallest absolute Gasteiger partial charge is 0.241 e. The number of rotatable bonds is 7. The van der Waals surface area contributed by atoms with Crippen LogP contribution < -0.4 is 10.1 Å². The molecule has 1 heterocycles. The van der Waals surface area contributed by atoms with Gasteiger partial charge in [-0.15, -0.1) is 0 Å². The van der Waals surface area contributed by atoms with Crippen molar-refractivity contribution >= 4 is 42.4 Å². The number of thiazole rings is 1. The minimum Gasteiger partial charge on any atom is -0.494 e. The molecule has 0 aliphatic rings. The Kier molecular flexibility index (Phi) is 5.53. The molecule has 3 aromatic rings. The molecular weight excluding hydrogens is 372 g/mol. The minimum atomic E-state index is -3.55. The van der Waals surface area contributed by atoms with Crippen LogP contribution in [0.15, 0.2) is 48.5 Å². The van der Waals surface area contributed by atoms with E-state index in [2.05, 4.69) is 10.3 Å². The van der Waals surface area contributed by atoms with Crippen molar-refractivity contribution in [1.29, 1.82) is 0 Å². The lowest BCUT2D eigenvalue weighted by molar-refractivity contribution is -0.113. The van der Waals surface area contributed by atoms with Crippen LogP contribution in [0.25, 0.3) is 10.2 Å². The van der Waals surface area contributed by atoms with E-state index in [1.807, 2.05) is 25.1 Å². The van der Waals surface area contributed by atoms with Gasteiger partial charge in [0.2, 0.25) is 5.91 Å². The van der Waals surface area contributed by atoms with Crippen LogP contribution in [-0.4, -0.2) is 31.7 Å². The molecule has 0 spiro atoms. The van der Waals surface area contributed by atoms with E-state index in [0.717, 1.165) is 16.0 Å². The predicted molar refractivity (Wildman–Crippen MR) is 103 cm³/mol. The van der Waals surface area contributed by atoms with E-state index in [-0.39, 0.29) is 5.75 Å². The van der Waals surface area contributed by atoms with Crippen LogP contribution in [0.5, 0.6) is 5.75 Å². The predicted octanol–water partition coefficient (Wildman–Crippen LogP) is 3.25. The summed E-state index contributed by atoms with van der Waals surface area (Å²) < 4.78 is 30.7. The molecule has 1 amide bonds. The second-order valence-corrected chi connectivity index (χ2v) is 8.74. The van der Waals surface area contributed by atoms with Gasteiger partial charge in [-0.25, -0.2) is 13.4 Å². The Bertz CT molecular complexity index is 1010. The fourth-order valence-corrected chi connectivity index (χ4v) is 4.63. The molecular formula is C18H18N2O4S2. The fourth-order valence-electron chi connectivity index (χ4n) is 2.45. The van der Waals surface area contributed by atoms with Gasteiger partial charge in [0.05, 0.1) is 22.6 Å². The van der Waals surface area contributed by atoms with E-state index in [9.17, 15) is 13.2 Å². The Hall–Kier alpha value is -2.45. The lowest BCUT2D eigenvalue weighted by Gasteiger charge is -2.04. The molecule has 3 rings (SSSR count). The first-order chi connectivity index (χ1) is 12.4. The van der Waals surface area contributed by atoms with E-state index in [1.165, 1.54) is 11.3 Å². The monoisotopic (exact) mass is 390 g/mol. The number of fused-ring (bicyclic) bond motifs is 1. The molecule has 8 heteroatoms.